The van der Waals surface area contributed by atoms with Crippen LogP contribution in [0, 0.1) is 5.82 Å². The van der Waals surface area contributed by atoms with E-state index in [-0.39, 0.29) is 10.7 Å². The van der Waals surface area contributed by atoms with E-state index >= 15 is 0 Å². The van der Waals surface area contributed by atoms with Gasteiger partial charge in [0, 0.05) is 54.1 Å². The summed E-state index contributed by atoms with van der Waals surface area (Å²) in [6.07, 6.45) is 7.27. The van der Waals surface area contributed by atoms with Crippen molar-refractivity contribution in [1.82, 2.24) is 19.5 Å². The standard InChI is InChI=1S/C23H18FN5O2S/c1-29-6-4-15-18(24)7-13(8-21(15)29)16-9-14(25)10-19-23(16)28-20(12-27-19)17-11-26-5-3-22(17)32(2,30)31/h3-12H,25H2,1-2H3. The Labute approximate surface area is 183 Å². The SMILES string of the molecule is Cn1ccc2c(F)cc(-c3cc(N)cc4ncc(-c5cnccc5S(C)(=O)=O)nc34)cc21. The molecule has 3 aromatic heterocycles. The first kappa shape index (κ1) is 20.1. The summed E-state index contributed by atoms with van der Waals surface area (Å²) in [4.78, 5) is 13.3. The molecule has 5 aromatic rings. The van der Waals surface area contributed by atoms with Crippen LogP contribution in [0.15, 0.2) is 66.1 Å². The molecule has 7 nitrogen and oxygen atoms in total. The van der Waals surface area contributed by atoms with Gasteiger partial charge in [0.2, 0.25) is 0 Å². The first-order chi connectivity index (χ1) is 15.2. The number of aromatic nitrogens is 4. The summed E-state index contributed by atoms with van der Waals surface area (Å²) in [5.41, 5.74) is 10.2. The molecular formula is C23H18FN5O2S. The van der Waals surface area contributed by atoms with E-state index in [1.807, 2.05) is 17.7 Å². The highest BCUT2D eigenvalue weighted by Crippen LogP contribution is 2.34. The lowest BCUT2D eigenvalue weighted by atomic mass is 10.0. The van der Waals surface area contributed by atoms with Gasteiger partial charge in [-0.15, -0.1) is 0 Å². The quantitative estimate of drug-likeness (QED) is 0.420. The van der Waals surface area contributed by atoms with Crippen LogP contribution >= 0.6 is 0 Å². The number of aryl methyl sites for hydroxylation is 1. The van der Waals surface area contributed by atoms with Gasteiger partial charge in [-0.05, 0) is 42.0 Å². The van der Waals surface area contributed by atoms with Gasteiger partial charge in [0.05, 0.1) is 33.3 Å². The molecule has 0 aliphatic carbocycles. The van der Waals surface area contributed by atoms with Gasteiger partial charge >= 0.3 is 0 Å². The number of hydrogen-bond acceptors (Lipinski definition) is 6. The lowest BCUT2D eigenvalue weighted by Crippen LogP contribution is -2.02. The average molecular weight is 447 g/mol. The predicted octanol–water partition coefficient (Wildman–Crippen LogP) is 3.98. The van der Waals surface area contributed by atoms with Crippen molar-refractivity contribution in [3.05, 3.63) is 67.0 Å². The molecule has 2 N–H and O–H groups in total. The molecule has 0 radical (unpaired) electrons. The van der Waals surface area contributed by atoms with E-state index < -0.39 is 9.84 Å². The number of pyridine rings is 1. The summed E-state index contributed by atoms with van der Waals surface area (Å²) in [6.45, 7) is 0. The molecule has 0 saturated carbocycles. The molecule has 3 heterocycles. The van der Waals surface area contributed by atoms with Gasteiger partial charge in [0.15, 0.2) is 9.84 Å². The molecule has 0 unspecified atom stereocenters. The fraction of sp³-hybridized carbons (Fsp3) is 0.0870. The predicted molar refractivity (Wildman–Crippen MR) is 122 cm³/mol. The second kappa shape index (κ2) is 7.10. The van der Waals surface area contributed by atoms with Crippen LogP contribution in [-0.4, -0.2) is 34.2 Å². The maximum Gasteiger partial charge on any atom is 0.176 e. The number of benzene rings is 2. The number of nitrogens with two attached hydrogens (primary N) is 1. The molecule has 32 heavy (non-hydrogen) atoms. The van der Waals surface area contributed by atoms with Crippen molar-refractivity contribution in [3.8, 4) is 22.4 Å². The normalized spacial score (nSPS) is 12.0. The highest BCUT2D eigenvalue weighted by molar-refractivity contribution is 7.90. The van der Waals surface area contributed by atoms with Crippen LogP contribution in [0.4, 0.5) is 10.1 Å². The van der Waals surface area contributed by atoms with Crippen molar-refractivity contribution in [2.75, 3.05) is 12.0 Å². The number of nitrogen functional groups attached to an aromatic ring is 1. The number of nitrogens with zero attached hydrogens (tertiary/aromatic N) is 4. The Morgan fingerprint density at radius 3 is 2.66 bits per heavy atom. The Morgan fingerprint density at radius 1 is 1.06 bits per heavy atom. The number of sulfone groups is 1. The molecule has 0 amide bonds. The van der Waals surface area contributed by atoms with Crippen molar-refractivity contribution >= 4 is 37.5 Å². The molecule has 160 valence electrons. The van der Waals surface area contributed by atoms with Crippen molar-refractivity contribution < 1.29 is 12.8 Å². The first-order valence-corrected chi connectivity index (χ1v) is 11.6. The Bertz CT molecular complexity index is 1640. The van der Waals surface area contributed by atoms with Crippen LogP contribution in [0.1, 0.15) is 0 Å². The summed E-state index contributed by atoms with van der Waals surface area (Å²) in [7, 11) is -1.67. The van der Waals surface area contributed by atoms with Crippen LogP contribution in [0.5, 0.6) is 0 Å². The molecule has 0 aliphatic heterocycles. The van der Waals surface area contributed by atoms with Crippen LogP contribution in [0.2, 0.25) is 0 Å². The number of halogens is 1. The zero-order valence-electron chi connectivity index (χ0n) is 17.2. The fourth-order valence-electron chi connectivity index (χ4n) is 3.87. The highest BCUT2D eigenvalue weighted by Gasteiger charge is 2.18. The van der Waals surface area contributed by atoms with Gasteiger partial charge in [-0.25, -0.2) is 17.8 Å². The Kier molecular flexibility index (Phi) is 4.45. The molecule has 2 aromatic carbocycles. The third kappa shape index (κ3) is 3.27. The fourth-order valence-corrected chi connectivity index (χ4v) is 4.73. The molecular weight excluding hydrogens is 429 g/mol. The largest absolute Gasteiger partial charge is 0.399 e. The second-order valence-electron chi connectivity index (χ2n) is 7.65. The minimum Gasteiger partial charge on any atom is -0.399 e. The highest BCUT2D eigenvalue weighted by atomic mass is 32.2. The van der Waals surface area contributed by atoms with Gasteiger partial charge in [-0.2, -0.15) is 0 Å². The average Bonchev–Trinajstić information content (AvgIpc) is 3.13. The van der Waals surface area contributed by atoms with Gasteiger partial charge in [0.1, 0.15) is 5.82 Å². The summed E-state index contributed by atoms with van der Waals surface area (Å²) in [5, 5.41) is 0.518. The minimum atomic E-state index is -3.51. The van der Waals surface area contributed by atoms with Crippen LogP contribution in [0.25, 0.3) is 44.3 Å². The molecule has 0 saturated heterocycles. The maximum absolute atomic E-state index is 14.8. The second-order valence-corrected chi connectivity index (χ2v) is 9.64. The Hall–Kier alpha value is -3.85. The van der Waals surface area contributed by atoms with Crippen LogP contribution in [0.3, 0.4) is 0 Å². The molecule has 5 rings (SSSR count). The van der Waals surface area contributed by atoms with E-state index in [1.54, 1.807) is 24.4 Å². The van der Waals surface area contributed by atoms with E-state index in [9.17, 15) is 12.8 Å². The Morgan fingerprint density at radius 2 is 1.88 bits per heavy atom. The topological polar surface area (TPSA) is 104 Å². The van der Waals surface area contributed by atoms with Crippen molar-refractivity contribution in [3.63, 3.8) is 0 Å². The van der Waals surface area contributed by atoms with Gasteiger partial charge in [-0.1, -0.05) is 0 Å². The molecule has 9 heteroatoms. The number of hydrogen-bond donors (Lipinski definition) is 1. The lowest BCUT2D eigenvalue weighted by Gasteiger charge is -2.12. The van der Waals surface area contributed by atoms with Gasteiger partial charge < -0.3 is 10.3 Å². The summed E-state index contributed by atoms with van der Waals surface area (Å²) in [6, 6.07) is 9.85. The van der Waals surface area contributed by atoms with Crippen LogP contribution in [-0.2, 0) is 16.9 Å². The van der Waals surface area contributed by atoms with Crippen LogP contribution < -0.4 is 5.73 Å². The van der Waals surface area contributed by atoms with E-state index in [2.05, 4.69) is 9.97 Å². The molecule has 0 bridgehead atoms. The summed E-state index contributed by atoms with van der Waals surface area (Å²) < 4.78 is 41.2. The molecule has 0 aliphatic rings. The molecule has 0 fully saturated rings. The zero-order valence-corrected chi connectivity index (χ0v) is 18.1. The number of anilines is 1. The monoisotopic (exact) mass is 447 g/mol. The van der Waals surface area contributed by atoms with E-state index in [0.717, 1.165) is 11.8 Å². The third-order valence-electron chi connectivity index (χ3n) is 5.39. The first-order valence-electron chi connectivity index (χ1n) is 9.68. The van der Waals surface area contributed by atoms with Gasteiger partial charge in [0.25, 0.3) is 0 Å². The zero-order chi connectivity index (χ0) is 22.6. The smallest absolute Gasteiger partial charge is 0.176 e. The summed E-state index contributed by atoms with van der Waals surface area (Å²) >= 11 is 0. The molecule has 0 spiro atoms. The third-order valence-corrected chi connectivity index (χ3v) is 6.55. The van der Waals surface area contributed by atoms with Crippen molar-refractivity contribution in [1.29, 1.82) is 0 Å². The number of rotatable bonds is 3. The number of fused-ring (bicyclic) bond motifs is 2. The molecule has 0 atom stereocenters. The maximum atomic E-state index is 14.8. The van der Waals surface area contributed by atoms with Crippen molar-refractivity contribution in [2.24, 2.45) is 7.05 Å². The Balaban J connectivity index is 1.80. The van der Waals surface area contributed by atoms with Gasteiger partial charge in [-0.3, -0.25) is 9.97 Å². The van der Waals surface area contributed by atoms with E-state index in [1.165, 1.54) is 30.7 Å². The van der Waals surface area contributed by atoms with E-state index in [4.69, 9.17) is 10.7 Å². The minimum absolute atomic E-state index is 0.106. The summed E-state index contributed by atoms with van der Waals surface area (Å²) in [5.74, 6) is -0.357. The lowest BCUT2D eigenvalue weighted by molar-refractivity contribution is 0.602. The van der Waals surface area contributed by atoms with Crippen molar-refractivity contribution in [2.45, 2.75) is 4.90 Å². The van der Waals surface area contributed by atoms with E-state index in [0.29, 0.717) is 44.5 Å².